The van der Waals surface area contributed by atoms with Gasteiger partial charge >= 0.3 is 0 Å². The maximum absolute atomic E-state index is 6.34. The second kappa shape index (κ2) is 3.58. The van der Waals surface area contributed by atoms with E-state index in [2.05, 4.69) is 32.9 Å². The van der Waals surface area contributed by atoms with E-state index in [0.29, 0.717) is 5.92 Å². The molecule has 0 spiro atoms. The summed E-state index contributed by atoms with van der Waals surface area (Å²) in [5.41, 5.74) is 5.60. The Labute approximate surface area is 91.3 Å². The standard InChI is InChI=1S/C13H17Cl/c1-8-4-5-13(14)12-7-10(3)9(2)6-11(8)12/h6-8,13H,4-5H2,1-3H3. The lowest BCUT2D eigenvalue weighted by atomic mass is 9.82. The first-order chi connectivity index (χ1) is 6.59. The molecule has 1 aromatic carbocycles. The van der Waals surface area contributed by atoms with Gasteiger partial charge in [0.25, 0.3) is 0 Å². The van der Waals surface area contributed by atoms with Gasteiger partial charge in [-0.2, -0.15) is 0 Å². The predicted molar refractivity (Wildman–Crippen MR) is 62.2 cm³/mol. The highest BCUT2D eigenvalue weighted by Crippen LogP contribution is 2.41. The third-order valence-corrected chi connectivity index (χ3v) is 3.87. The van der Waals surface area contributed by atoms with E-state index in [-0.39, 0.29) is 5.38 Å². The maximum atomic E-state index is 6.34. The van der Waals surface area contributed by atoms with Crippen molar-refractivity contribution < 1.29 is 0 Å². The molecule has 14 heavy (non-hydrogen) atoms. The molecule has 2 unspecified atom stereocenters. The molecule has 0 radical (unpaired) electrons. The van der Waals surface area contributed by atoms with E-state index in [4.69, 9.17) is 11.6 Å². The smallest absolute Gasteiger partial charge is 0.0588 e. The lowest BCUT2D eigenvalue weighted by Crippen LogP contribution is -2.10. The minimum Gasteiger partial charge on any atom is -0.118 e. The van der Waals surface area contributed by atoms with Gasteiger partial charge in [-0.1, -0.05) is 19.1 Å². The van der Waals surface area contributed by atoms with Gasteiger partial charge in [-0.3, -0.25) is 0 Å². The Morgan fingerprint density at radius 1 is 1.07 bits per heavy atom. The fraction of sp³-hybridized carbons (Fsp3) is 0.538. The molecular formula is C13H17Cl. The van der Waals surface area contributed by atoms with Gasteiger partial charge in [0.1, 0.15) is 0 Å². The Hall–Kier alpha value is -0.490. The summed E-state index contributed by atoms with van der Waals surface area (Å²) in [5.74, 6) is 0.680. The molecule has 2 rings (SSSR count). The highest BCUT2D eigenvalue weighted by atomic mass is 35.5. The largest absolute Gasteiger partial charge is 0.118 e. The number of halogens is 1. The molecule has 0 aromatic heterocycles. The predicted octanol–water partition coefficient (Wildman–Crippen LogP) is 4.48. The quantitative estimate of drug-likeness (QED) is 0.552. The van der Waals surface area contributed by atoms with Gasteiger partial charge in [0, 0.05) is 0 Å². The lowest BCUT2D eigenvalue weighted by Gasteiger charge is -2.27. The van der Waals surface area contributed by atoms with Crippen molar-refractivity contribution in [3.63, 3.8) is 0 Å². The summed E-state index contributed by atoms with van der Waals surface area (Å²) < 4.78 is 0. The molecule has 1 aliphatic carbocycles. The summed E-state index contributed by atoms with van der Waals surface area (Å²) in [7, 11) is 0. The summed E-state index contributed by atoms with van der Waals surface area (Å²) in [4.78, 5) is 0. The zero-order chi connectivity index (χ0) is 10.3. The van der Waals surface area contributed by atoms with Crippen LogP contribution in [-0.4, -0.2) is 0 Å². The van der Waals surface area contributed by atoms with Crippen molar-refractivity contribution >= 4 is 11.6 Å². The number of benzene rings is 1. The summed E-state index contributed by atoms with van der Waals surface area (Å²) >= 11 is 6.34. The van der Waals surface area contributed by atoms with Gasteiger partial charge in [-0.25, -0.2) is 0 Å². The van der Waals surface area contributed by atoms with E-state index in [9.17, 15) is 0 Å². The van der Waals surface area contributed by atoms with Crippen LogP contribution in [0.25, 0.3) is 0 Å². The van der Waals surface area contributed by atoms with Crippen LogP contribution in [0.5, 0.6) is 0 Å². The van der Waals surface area contributed by atoms with Crippen molar-refractivity contribution in [1.29, 1.82) is 0 Å². The zero-order valence-electron chi connectivity index (χ0n) is 9.10. The molecule has 1 aliphatic rings. The number of hydrogen-bond donors (Lipinski definition) is 0. The second-order valence-electron chi connectivity index (χ2n) is 4.51. The number of fused-ring (bicyclic) bond motifs is 1. The van der Waals surface area contributed by atoms with Gasteiger partial charge in [0.2, 0.25) is 0 Å². The van der Waals surface area contributed by atoms with Gasteiger partial charge in [0.05, 0.1) is 5.38 Å². The lowest BCUT2D eigenvalue weighted by molar-refractivity contribution is 0.578. The molecular weight excluding hydrogens is 192 g/mol. The highest BCUT2D eigenvalue weighted by Gasteiger charge is 2.23. The third kappa shape index (κ3) is 1.56. The van der Waals surface area contributed by atoms with E-state index in [0.717, 1.165) is 6.42 Å². The Bertz CT molecular complexity index is 319. The van der Waals surface area contributed by atoms with E-state index in [1.807, 2.05) is 0 Å². The van der Waals surface area contributed by atoms with Crippen LogP contribution in [0, 0.1) is 13.8 Å². The summed E-state index contributed by atoms with van der Waals surface area (Å²) in [5, 5.41) is 0.237. The van der Waals surface area contributed by atoms with Crippen molar-refractivity contribution in [2.45, 2.75) is 44.9 Å². The topological polar surface area (TPSA) is 0 Å². The minimum atomic E-state index is 0.237. The average molecular weight is 209 g/mol. The monoisotopic (exact) mass is 208 g/mol. The number of rotatable bonds is 0. The van der Waals surface area contributed by atoms with Crippen molar-refractivity contribution in [2.75, 3.05) is 0 Å². The molecule has 0 heterocycles. The Morgan fingerprint density at radius 2 is 1.64 bits per heavy atom. The van der Waals surface area contributed by atoms with Crippen LogP contribution in [0.3, 0.4) is 0 Å². The van der Waals surface area contributed by atoms with E-state index >= 15 is 0 Å². The average Bonchev–Trinajstić information content (AvgIpc) is 2.15. The van der Waals surface area contributed by atoms with Crippen molar-refractivity contribution in [2.24, 2.45) is 0 Å². The van der Waals surface area contributed by atoms with Crippen LogP contribution in [0.15, 0.2) is 12.1 Å². The molecule has 0 saturated heterocycles. The zero-order valence-corrected chi connectivity index (χ0v) is 9.86. The molecule has 0 aliphatic heterocycles. The molecule has 0 saturated carbocycles. The summed E-state index contributed by atoms with van der Waals surface area (Å²) in [6.07, 6.45) is 2.35. The van der Waals surface area contributed by atoms with Crippen LogP contribution in [-0.2, 0) is 0 Å². The third-order valence-electron chi connectivity index (χ3n) is 3.42. The van der Waals surface area contributed by atoms with Crippen molar-refractivity contribution in [3.8, 4) is 0 Å². The van der Waals surface area contributed by atoms with Gasteiger partial charge in [0.15, 0.2) is 0 Å². The van der Waals surface area contributed by atoms with Crippen molar-refractivity contribution in [1.82, 2.24) is 0 Å². The Balaban J connectivity index is 2.56. The summed E-state index contributed by atoms with van der Waals surface area (Å²) in [6, 6.07) is 4.60. The molecule has 1 heteroatoms. The van der Waals surface area contributed by atoms with Crippen molar-refractivity contribution in [3.05, 3.63) is 34.4 Å². The van der Waals surface area contributed by atoms with Gasteiger partial charge in [-0.15, -0.1) is 11.6 Å². The van der Waals surface area contributed by atoms with E-state index in [1.165, 1.54) is 28.7 Å². The van der Waals surface area contributed by atoms with Crippen LogP contribution in [0.1, 0.15) is 53.3 Å². The fourth-order valence-electron chi connectivity index (χ4n) is 2.27. The molecule has 0 N–H and O–H groups in total. The number of aryl methyl sites for hydroxylation is 2. The highest BCUT2D eigenvalue weighted by molar-refractivity contribution is 6.21. The molecule has 2 atom stereocenters. The maximum Gasteiger partial charge on any atom is 0.0588 e. The first-order valence-electron chi connectivity index (χ1n) is 5.34. The van der Waals surface area contributed by atoms with Crippen LogP contribution in [0.4, 0.5) is 0 Å². The van der Waals surface area contributed by atoms with Gasteiger partial charge < -0.3 is 0 Å². The van der Waals surface area contributed by atoms with Crippen LogP contribution < -0.4 is 0 Å². The van der Waals surface area contributed by atoms with Crippen LogP contribution in [0.2, 0.25) is 0 Å². The molecule has 76 valence electrons. The first-order valence-corrected chi connectivity index (χ1v) is 5.78. The Morgan fingerprint density at radius 3 is 2.29 bits per heavy atom. The SMILES string of the molecule is Cc1cc2c(cc1C)C(Cl)CCC2C. The second-order valence-corrected chi connectivity index (χ2v) is 5.04. The Kier molecular flexibility index (Phi) is 2.57. The first kappa shape index (κ1) is 10.0. The summed E-state index contributed by atoms with van der Waals surface area (Å²) in [6.45, 7) is 6.65. The number of hydrogen-bond acceptors (Lipinski definition) is 0. The van der Waals surface area contributed by atoms with Crippen LogP contribution >= 0.6 is 11.6 Å². The molecule has 0 bridgehead atoms. The normalized spacial score (nSPS) is 26.0. The minimum absolute atomic E-state index is 0.237. The molecule has 1 aromatic rings. The molecule has 0 amide bonds. The van der Waals surface area contributed by atoms with E-state index < -0.39 is 0 Å². The van der Waals surface area contributed by atoms with Gasteiger partial charge in [-0.05, 0) is 54.9 Å². The molecule has 0 fully saturated rings. The fourth-order valence-corrected chi connectivity index (χ4v) is 2.58. The number of alkyl halides is 1. The van der Waals surface area contributed by atoms with E-state index in [1.54, 1.807) is 0 Å². The molecule has 0 nitrogen and oxygen atoms in total.